The normalized spacial score (nSPS) is 28.7. The Kier molecular flexibility index (Phi) is 3.88. The summed E-state index contributed by atoms with van der Waals surface area (Å²) in [6, 6.07) is 6.21. The van der Waals surface area contributed by atoms with Crippen LogP contribution in [-0.2, 0) is 11.3 Å². The van der Waals surface area contributed by atoms with Crippen molar-refractivity contribution < 1.29 is 4.79 Å². The Labute approximate surface area is 138 Å². The molecule has 1 spiro atoms. The van der Waals surface area contributed by atoms with Gasteiger partial charge in [0.05, 0.1) is 11.1 Å². The molecule has 1 atom stereocenters. The van der Waals surface area contributed by atoms with E-state index in [1.54, 1.807) is 0 Å². The number of pyridine rings is 1. The Hall–Kier alpha value is -1.42. The lowest BCUT2D eigenvalue weighted by atomic mass is 9.78. The van der Waals surface area contributed by atoms with Crippen molar-refractivity contribution >= 4 is 5.91 Å². The fourth-order valence-electron chi connectivity index (χ4n) is 4.33. The second-order valence-electron chi connectivity index (χ2n) is 7.81. The molecule has 0 N–H and O–H groups in total. The van der Waals surface area contributed by atoms with Crippen LogP contribution in [0, 0.1) is 18.3 Å². The molecule has 124 valence electrons. The third kappa shape index (κ3) is 3.14. The first kappa shape index (κ1) is 15.1. The van der Waals surface area contributed by atoms with Crippen LogP contribution in [0.4, 0.5) is 0 Å². The van der Waals surface area contributed by atoms with Crippen molar-refractivity contribution in [3.05, 3.63) is 29.6 Å². The SMILES string of the molecule is Cc1cccc(CN2CCC3(CCCN(CC4CC4)C3=O)C2)n1. The van der Waals surface area contributed by atoms with Crippen molar-refractivity contribution in [3.63, 3.8) is 0 Å². The quantitative estimate of drug-likeness (QED) is 0.857. The number of likely N-dealkylation sites (tertiary alicyclic amines) is 2. The summed E-state index contributed by atoms with van der Waals surface area (Å²) in [6.45, 7) is 6.85. The minimum atomic E-state index is -0.100. The van der Waals surface area contributed by atoms with Gasteiger partial charge in [0, 0.05) is 31.9 Å². The molecular formula is C19H27N3O. The van der Waals surface area contributed by atoms with E-state index in [-0.39, 0.29) is 5.41 Å². The zero-order valence-electron chi connectivity index (χ0n) is 14.1. The molecule has 4 heteroatoms. The average Bonchev–Trinajstić information content (AvgIpc) is 3.25. The van der Waals surface area contributed by atoms with Gasteiger partial charge in [0.15, 0.2) is 0 Å². The zero-order valence-corrected chi connectivity index (χ0v) is 14.1. The Bertz CT molecular complexity index is 598. The second kappa shape index (κ2) is 5.90. The molecule has 1 unspecified atom stereocenters. The van der Waals surface area contributed by atoms with Crippen molar-refractivity contribution in [2.75, 3.05) is 26.2 Å². The highest BCUT2D eigenvalue weighted by Gasteiger charge is 2.48. The molecule has 0 bridgehead atoms. The Morgan fingerprint density at radius 1 is 1.26 bits per heavy atom. The van der Waals surface area contributed by atoms with Crippen LogP contribution in [0.15, 0.2) is 18.2 Å². The summed E-state index contributed by atoms with van der Waals surface area (Å²) in [5.74, 6) is 1.23. The summed E-state index contributed by atoms with van der Waals surface area (Å²) >= 11 is 0. The highest BCUT2D eigenvalue weighted by Crippen LogP contribution is 2.42. The summed E-state index contributed by atoms with van der Waals surface area (Å²) in [6.07, 6.45) is 5.92. The van der Waals surface area contributed by atoms with Gasteiger partial charge in [0.1, 0.15) is 0 Å². The highest BCUT2D eigenvalue weighted by molar-refractivity contribution is 5.84. The number of aryl methyl sites for hydroxylation is 1. The van der Waals surface area contributed by atoms with Crippen LogP contribution in [0.2, 0.25) is 0 Å². The lowest BCUT2D eigenvalue weighted by molar-refractivity contribution is -0.145. The molecular weight excluding hydrogens is 286 g/mol. The van der Waals surface area contributed by atoms with Crippen LogP contribution >= 0.6 is 0 Å². The maximum atomic E-state index is 13.0. The molecule has 3 heterocycles. The number of carbonyl (C=O) groups is 1. The van der Waals surface area contributed by atoms with E-state index >= 15 is 0 Å². The summed E-state index contributed by atoms with van der Waals surface area (Å²) in [4.78, 5) is 22.3. The van der Waals surface area contributed by atoms with Gasteiger partial charge in [0.25, 0.3) is 0 Å². The summed E-state index contributed by atoms with van der Waals surface area (Å²) < 4.78 is 0. The zero-order chi connectivity index (χ0) is 15.9. The van der Waals surface area contributed by atoms with Gasteiger partial charge in [-0.2, -0.15) is 0 Å². The Morgan fingerprint density at radius 2 is 2.13 bits per heavy atom. The first-order chi connectivity index (χ1) is 11.1. The van der Waals surface area contributed by atoms with Crippen LogP contribution in [0.5, 0.6) is 0 Å². The van der Waals surface area contributed by atoms with Gasteiger partial charge in [0.2, 0.25) is 5.91 Å². The van der Waals surface area contributed by atoms with E-state index < -0.39 is 0 Å². The molecule has 4 nitrogen and oxygen atoms in total. The molecule has 3 fully saturated rings. The van der Waals surface area contributed by atoms with Gasteiger partial charge in [-0.15, -0.1) is 0 Å². The van der Waals surface area contributed by atoms with E-state index in [0.717, 1.165) is 62.9 Å². The smallest absolute Gasteiger partial charge is 0.230 e. The fourth-order valence-corrected chi connectivity index (χ4v) is 4.33. The van der Waals surface area contributed by atoms with Crippen molar-refractivity contribution in [1.29, 1.82) is 0 Å². The molecule has 23 heavy (non-hydrogen) atoms. The maximum Gasteiger partial charge on any atom is 0.230 e. The first-order valence-electron chi connectivity index (χ1n) is 9.09. The minimum Gasteiger partial charge on any atom is -0.342 e. The fraction of sp³-hybridized carbons (Fsp3) is 0.684. The summed E-state index contributed by atoms with van der Waals surface area (Å²) in [5, 5.41) is 0. The number of nitrogens with zero attached hydrogens (tertiary/aromatic N) is 3. The number of carbonyl (C=O) groups excluding carboxylic acids is 1. The predicted molar refractivity (Wildman–Crippen MR) is 89.8 cm³/mol. The van der Waals surface area contributed by atoms with Gasteiger partial charge in [-0.25, -0.2) is 0 Å². The van der Waals surface area contributed by atoms with Crippen molar-refractivity contribution in [1.82, 2.24) is 14.8 Å². The number of aromatic nitrogens is 1. The molecule has 0 radical (unpaired) electrons. The van der Waals surface area contributed by atoms with E-state index in [4.69, 9.17) is 0 Å². The summed E-state index contributed by atoms with van der Waals surface area (Å²) in [5.41, 5.74) is 2.10. The Morgan fingerprint density at radius 3 is 2.91 bits per heavy atom. The Balaban J connectivity index is 1.42. The van der Waals surface area contributed by atoms with Crippen LogP contribution in [0.1, 0.15) is 43.5 Å². The van der Waals surface area contributed by atoms with Gasteiger partial charge >= 0.3 is 0 Å². The third-order valence-corrected chi connectivity index (χ3v) is 5.76. The van der Waals surface area contributed by atoms with Crippen LogP contribution in [0.25, 0.3) is 0 Å². The largest absolute Gasteiger partial charge is 0.342 e. The number of piperidine rings is 1. The molecule has 1 amide bonds. The van der Waals surface area contributed by atoms with Crippen LogP contribution in [0.3, 0.4) is 0 Å². The molecule has 1 saturated carbocycles. The molecule has 2 saturated heterocycles. The maximum absolute atomic E-state index is 13.0. The number of rotatable bonds is 4. The molecule has 4 rings (SSSR count). The highest BCUT2D eigenvalue weighted by atomic mass is 16.2. The van der Waals surface area contributed by atoms with E-state index in [2.05, 4.69) is 26.9 Å². The average molecular weight is 313 g/mol. The van der Waals surface area contributed by atoms with Crippen molar-refractivity contribution in [2.45, 2.75) is 45.6 Å². The summed E-state index contributed by atoms with van der Waals surface area (Å²) in [7, 11) is 0. The van der Waals surface area contributed by atoms with E-state index in [9.17, 15) is 4.79 Å². The molecule has 1 aromatic heterocycles. The van der Waals surface area contributed by atoms with Crippen molar-refractivity contribution in [3.8, 4) is 0 Å². The van der Waals surface area contributed by atoms with Crippen LogP contribution in [-0.4, -0.2) is 46.9 Å². The molecule has 3 aliphatic rings. The lowest BCUT2D eigenvalue weighted by Crippen LogP contribution is -2.50. The van der Waals surface area contributed by atoms with E-state index in [0.29, 0.717) is 5.91 Å². The molecule has 1 aromatic rings. The van der Waals surface area contributed by atoms with Gasteiger partial charge in [-0.1, -0.05) is 6.07 Å². The molecule has 2 aliphatic heterocycles. The number of hydrogen-bond donors (Lipinski definition) is 0. The lowest BCUT2D eigenvalue weighted by Gasteiger charge is -2.39. The topological polar surface area (TPSA) is 36.4 Å². The number of amides is 1. The minimum absolute atomic E-state index is 0.100. The first-order valence-corrected chi connectivity index (χ1v) is 9.09. The van der Waals surface area contributed by atoms with E-state index in [1.165, 1.54) is 19.3 Å². The predicted octanol–water partition coefficient (Wildman–Crippen LogP) is 2.61. The van der Waals surface area contributed by atoms with Crippen molar-refractivity contribution in [2.24, 2.45) is 11.3 Å². The molecule has 1 aliphatic carbocycles. The molecule has 0 aromatic carbocycles. The van der Waals surface area contributed by atoms with Gasteiger partial charge in [-0.3, -0.25) is 14.7 Å². The monoisotopic (exact) mass is 313 g/mol. The van der Waals surface area contributed by atoms with Gasteiger partial charge < -0.3 is 4.90 Å². The van der Waals surface area contributed by atoms with Crippen LogP contribution < -0.4 is 0 Å². The third-order valence-electron chi connectivity index (χ3n) is 5.76. The van der Waals surface area contributed by atoms with Gasteiger partial charge in [-0.05, 0) is 63.6 Å². The second-order valence-corrected chi connectivity index (χ2v) is 7.81. The standard InChI is InChI=1S/C19H27N3O/c1-15-4-2-5-17(20-15)13-21-11-9-19(14-21)8-3-10-22(18(19)23)12-16-6-7-16/h2,4-5,16H,3,6-14H2,1H3. The number of hydrogen-bond acceptors (Lipinski definition) is 3. The van der Waals surface area contributed by atoms with E-state index in [1.807, 2.05) is 13.0 Å².